The lowest BCUT2D eigenvalue weighted by Gasteiger charge is -2.33. The fourth-order valence-corrected chi connectivity index (χ4v) is 3.28. The van der Waals surface area contributed by atoms with Gasteiger partial charge >= 0.3 is 5.97 Å². The summed E-state index contributed by atoms with van der Waals surface area (Å²) in [4.78, 5) is 38.1. The first-order valence-corrected chi connectivity index (χ1v) is 9.21. The summed E-state index contributed by atoms with van der Waals surface area (Å²) in [6.45, 7) is 4.84. The summed E-state index contributed by atoms with van der Waals surface area (Å²) in [6, 6.07) is 8.65. The minimum atomic E-state index is -1.01. The maximum Gasteiger partial charge on any atom is 0.326 e. The Labute approximate surface area is 154 Å². The Morgan fingerprint density at radius 2 is 1.92 bits per heavy atom. The van der Waals surface area contributed by atoms with Gasteiger partial charge < -0.3 is 15.3 Å². The molecule has 6 nitrogen and oxygen atoms in total. The average molecular weight is 360 g/mol. The smallest absolute Gasteiger partial charge is 0.326 e. The van der Waals surface area contributed by atoms with E-state index in [9.17, 15) is 19.5 Å². The van der Waals surface area contributed by atoms with E-state index in [1.54, 1.807) is 4.90 Å². The van der Waals surface area contributed by atoms with Crippen molar-refractivity contribution >= 4 is 17.8 Å². The van der Waals surface area contributed by atoms with Crippen LogP contribution in [-0.2, 0) is 20.8 Å². The maximum absolute atomic E-state index is 12.5. The summed E-state index contributed by atoms with van der Waals surface area (Å²) in [6.07, 6.45) is 2.14. The molecule has 1 aliphatic heterocycles. The van der Waals surface area contributed by atoms with E-state index >= 15 is 0 Å². The van der Waals surface area contributed by atoms with Crippen LogP contribution in [0.3, 0.4) is 0 Å². The molecule has 2 amide bonds. The van der Waals surface area contributed by atoms with Crippen LogP contribution in [0.4, 0.5) is 0 Å². The standard InChI is InChI=1S/C20H28N2O4/c1-14(2)11-17(20(25)26)21-19(24)16-9-6-10-22(13-16)18(23)12-15-7-4-3-5-8-15/h3-5,7-8,14,16-17H,6,9-13H2,1-2H3,(H,21,24)(H,25,26)/t16?,17-/m0/s1. The normalized spacial score (nSPS) is 18.4. The van der Waals surface area contributed by atoms with Crippen LogP contribution in [0.15, 0.2) is 30.3 Å². The lowest BCUT2D eigenvalue weighted by Crippen LogP contribution is -2.49. The van der Waals surface area contributed by atoms with E-state index in [0.29, 0.717) is 32.4 Å². The molecule has 1 aliphatic rings. The van der Waals surface area contributed by atoms with Crippen LogP contribution >= 0.6 is 0 Å². The number of carbonyl (C=O) groups is 3. The molecule has 0 spiro atoms. The van der Waals surface area contributed by atoms with Crippen molar-refractivity contribution in [2.75, 3.05) is 13.1 Å². The van der Waals surface area contributed by atoms with Gasteiger partial charge in [0.2, 0.25) is 11.8 Å². The minimum absolute atomic E-state index is 0.00525. The first-order valence-electron chi connectivity index (χ1n) is 9.21. The topological polar surface area (TPSA) is 86.7 Å². The van der Waals surface area contributed by atoms with E-state index in [1.165, 1.54) is 0 Å². The molecule has 6 heteroatoms. The molecule has 0 aliphatic carbocycles. The molecule has 0 aromatic heterocycles. The van der Waals surface area contributed by atoms with E-state index in [0.717, 1.165) is 12.0 Å². The first kappa shape index (κ1) is 19.9. The summed E-state index contributed by atoms with van der Waals surface area (Å²) in [7, 11) is 0. The summed E-state index contributed by atoms with van der Waals surface area (Å²) in [5.74, 6) is -1.45. The third-order valence-electron chi connectivity index (χ3n) is 4.66. The SMILES string of the molecule is CC(C)C[C@H](NC(=O)C1CCCN(C(=O)Cc2ccccc2)C1)C(=O)O. The van der Waals surface area contributed by atoms with Gasteiger partial charge in [0, 0.05) is 13.1 Å². The molecule has 1 unspecified atom stereocenters. The van der Waals surface area contributed by atoms with E-state index in [2.05, 4.69) is 5.32 Å². The lowest BCUT2D eigenvalue weighted by molar-refractivity contribution is -0.144. The number of carboxylic acid groups (broad SMARTS) is 1. The lowest BCUT2D eigenvalue weighted by atomic mass is 9.95. The molecule has 1 saturated heterocycles. The van der Waals surface area contributed by atoms with Crippen molar-refractivity contribution in [2.24, 2.45) is 11.8 Å². The van der Waals surface area contributed by atoms with Crippen molar-refractivity contribution in [3.05, 3.63) is 35.9 Å². The van der Waals surface area contributed by atoms with Gasteiger partial charge in [0.15, 0.2) is 0 Å². The van der Waals surface area contributed by atoms with Crippen LogP contribution in [0.1, 0.15) is 38.7 Å². The number of benzene rings is 1. The molecular formula is C20H28N2O4. The van der Waals surface area contributed by atoms with Gasteiger partial charge in [-0.05, 0) is 30.7 Å². The van der Waals surface area contributed by atoms with Gasteiger partial charge in [-0.25, -0.2) is 4.79 Å². The molecule has 1 aromatic carbocycles. The zero-order chi connectivity index (χ0) is 19.1. The summed E-state index contributed by atoms with van der Waals surface area (Å²) >= 11 is 0. The van der Waals surface area contributed by atoms with Crippen molar-refractivity contribution in [3.8, 4) is 0 Å². The largest absolute Gasteiger partial charge is 0.480 e. The van der Waals surface area contributed by atoms with E-state index in [4.69, 9.17) is 0 Å². The summed E-state index contributed by atoms with van der Waals surface area (Å²) < 4.78 is 0. The van der Waals surface area contributed by atoms with Crippen molar-refractivity contribution in [2.45, 2.75) is 45.6 Å². The highest BCUT2D eigenvalue weighted by Crippen LogP contribution is 2.18. The predicted molar refractivity (Wildman–Crippen MR) is 98.5 cm³/mol. The van der Waals surface area contributed by atoms with Crippen LogP contribution in [0, 0.1) is 11.8 Å². The number of piperidine rings is 1. The first-order chi connectivity index (χ1) is 12.4. The quantitative estimate of drug-likeness (QED) is 0.779. The van der Waals surface area contributed by atoms with E-state index < -0.39 is 12.0 Å². The van der Waals surface area contributed by atoms with Gasteiger partial charge in [-0.2, -0.15) is 0 Å². The molecule has 0 radical (unpaired) electrons. The highest BCUT2D eigenvalue weighted by atomic mass is 16.4. The fourth-order valence-electron chi connectivity index (χ4n) is 3.28. The monoisotopic (exact) mass is 360 g/mol. The number of carbonyl (C=O) groups excluding carboxylic acids is 2. The zero-order valence-electron chi connectivity index (χ0n) is 15.5. The molecule has 0 saturated carbocycles. The molecule has 2 atom stereocenters. The number of aliphatic carboxylic acids is 1. The van der Waals surface area contributed by atoms with Crippen molar-refractivity contribution in [1.82, 2.24) is 10.2 Å². The number of hydrogen-bond donors (Lipinski definition) is 2. The van der Waals surface area contributed by atoms with Crippen molar-refractivity contribution < 1.29 is 19.5 Å². The van der Waals surface area contributed by atoms with Crippen LogP contribution in [0.25, 0.3) is 0 Å². The molecule has 0 bridgehead atoms. The van der Waals surface area contributed by atoms with Crippen LogP contribution in [-0.4, -0.2) is 46.9 Å². The Hall–Kier alpha value is -2.37. The molecule has 26 heavy (non-hydrogen) atoms. The van der Waals surface area contributed by atoms with Crippen LogP contribution in [0.5, 0.6) is 0 Å². The Balaban J connectivity index is 1.92. The second-order valence-corrected chi connectivity index (χ2v) is 7.37. The number of nitrogens with one attached hydrogen (secondary N) is 1. The molecule has 1 fully saturated rings. The highest BCUT2D eigenvalue weighted by molar-refractivity contribution is 5.86. The number of rotatable bonds is 7. The number of hydrogen-bond acceptors (Lipinski definition) is 3. The Morgan fingerprint density at radius 1 is 1.23 bits per heavy atom. The molecular weight excluding hydrogens is 332 g/mol. The minimum Gasteiger partial charge on any atom is -0.480 e. The number of carboxylic acids is 1. The van der Waals surface area contributed by atoms with Crippen LogP contribution in [0.2, 0.25) is 0 Å². The maximum atomic E-state index is 12.5. The molecule has 1 heterocycles. The average Bonchev–Trinajstić information content (AvgIpc) is 2.61. The Bertz CT molecular complexity index is 630. The van der Waals surface area contributed by atoms with Gasteiger partial charge in [0.25, 0.3) is 0 Å². The number of amides is 2. The van der Waals surface area contributed by atoms with Crippen molar-refractivity contribution in [1.29, 1.82) is 0 Å². The third-order valence-corrected chi connectivity index (χ3v) is 4.66. The fraction of sp³-hybridized carbons (Fsp3) is 0.550. The molecule has 142 valence electrons. The van der Waals surface area contributed by atoms with Gasteiger partial charge in [-0.15, -0.1) is 0 Å². The Kier molecular flexibility index (Phi) is 7.18. The van der Waals surface area contributed by atoms with E-state index in [-0.39, 0.29) is 23.7 Å². The predicted octanol–water partition coefficient (Wildman–Crippen LogP) is 2.08. The second kappa shape index (κ2) is 9.36. The molecule has 1 aromatic rings. The van der Waals surface area contributed by atoms with E-state index in [1.807, 2.05) is 44.2 Å². The van der Waals surface area contributed by atoms with Crippen molar-refractivity contribution in [3.63, 3.8) is 0 Å². The van der Waals surface area contributed by atoms with Gasteiger partial charge in [-0.1, -0.05) is 44.2 Å². The van der Waals surface area contributed by atoms with Gasteiger partial charge in [0.1, 0.15) is 6.04 Å². The highest BCUT2D eigenvalue weighted by Gasteiger charge is 2.31. The van der Waals surface area contributed by atoms with Gasteiger partial charge in [0.05, 0.1) is 12.3 Å². The van der Waals surface area contributed by atoms with Gasteiger partial charge in [-0.3, -0.25) is 9.59 Å². The summed E-state index contributed by atoms with van der Waals surface area (Å²) in [5, 5.41) is 11.9. The van der Waals surface area contributed by atoms with Crippen LogP contribution < -0.4 is 5.32 Å². The number of likely N-dealkylation sites (tertiary alicyclic amines) is 1. The molecule has 2 N–H and O–H groups in total. The second-order valence-electron chi connectivity index (χ2n) is 7.37. The molecule has 2 rings (SSSR count). The zero-order valence-corrected chi connectivity index (χ0v) is 15.5. The Morgan fingerprint density at radius 3 is 2.54 bits per heavy atom. The number of nitrogens with zero attached hydrogens (tertiary/aromatic N) is 1. The third kappa shape index (κ3) is 5.86. The summed E-state index contributed by atoms with van der Waals surface area (Å²) in [5.41, 5.74) is 0.951.